The van der Waals surface area contributed by atoms with E-state index in [1.165, 1.54) is 29.2 Å². The van der Waals surface area contributed by atoms with Crippen molar-refractivity contribution in [3.8, 4) is 22.3 Å². The van der Waals surface area contributed by atoms with E-state index in [4.69, 9.17) is 0 Å². The molecular formula is C30H26N4O3S. The van der Waals surface area contributed by atoms with Gasteiger partial charge in [-0.05, 0) is 47.4 Å². The topological polar surface area (TPSA) is 93.1 Å². The minimum Gasteiger partial charge on any atom is -0.326 e. The molecule has 0 aliphatic carbocycles. The molecule has 0 saturated carbocycles. The van der Waals surface area contributed by atoms with Crippen LogP contribution in [0.4, 0.5) is 11.4 Å². The van der Waals surface area contributed by atoms with Crippen molar-refractivity contribution < 1.29 is 9.59 Å². The fourth-order valence-corrected chi connectivity index (χ4v) is 5.33. The average Bonchev–Trinajstić information content (AvgIpc) is 3.37. The van der Waals surface area contributed by atoms with Crippen molar-refractivity contribution in [2.75, 3.05) is 10.6 Å². The number of benzene rings is 3. The van der Waals surface area contributed by atoms with Crippen molar-refractivity contribution in [1.82, 2.24) is 9.55 Å². The Kier molecular flexibility index (Phi) is 7.15. The Bertz CT molecular complexity index is 1660. The first-order chi connectivity index (χ1) is 18.4. The molecule has 8 heteroatoms. The van der Waals surface area contributed by atoms with E-state index in [-0.39, 0.29) is 17.4 Å². The highest BCUT2D eigenvalue weighted by atomic mass is 32.1. The second kappa shape index (κ2) is 10.8. The van der Waals surface area contributed by atoms with Crippen molar-refractivity contribution >= 4 is 44.7 Å². The summed E-state index contributed by atoms with van der Waals surface area (Å²) in [7, 11) is 0. The van der Waals surface area contributed by atoms with Crippen LogP contribution in [-0.2, 0) is 9.59 Å². The Morgan fingerprint density at radius 1 is 0.868 bits per heavy atom. The second-order valence-corrected chi connectivity index (χ2v) is 9.76. The Labute approximate surface area is 223 Å². The first kappa shape index (κ1) is 25.1. The lowest BCUT2D eigenvalue weighted by atomic mass is 10.0. The first-order valence-corrected chi connectivity index (χ1v) is 13.1. The molecule has 2 N–H and O–H groups in total. The molecule has 5 aromatic rings. The molecule has 0 spiro atoms. The SMILES string of the molecule is CCC(C(=O)Nc1ccc(NC(C)=O)cc1)n1cnc2scc(-c3ccc(-c4ccccc4)cc3)c2c1=O. The van der Waals surface area contributed by atoms with Crippen LogP contribution in [0, 0.1) is 0 Å². The molecule has 1 unspecified atom stereocenters. The van der Waals surface area contributed by atoms with Gasteiger partial charge < -0.3 is 10.6 Å². The number of aromatic nitrogens is 2. The van der Waals surface area contributed by atoms with E-state index >= 15 is 0 Å². The van der Waals surface area contributed by atoms with Gasteiger partial charge >= 0.3 is 0 Å². The van der Waals surface area contributed by atoms with E-state index < -0.39 is 6.04 Å². The normalized spacial score (nSPS) is 11.7. The van der Waals surface area contributed by atoms with E-state index in [0.717, 1.165) is 22.3 Å². The van der Waals surface area contributed by atoms with Crippen LogP contribution in [0.5, 0.6) is 0 Å². The van der Waals surface area contributed by atoms with Crippen LogP contribution in [0.25, 0.3) is 32.5 Å². The minimum atomic E-state index is -0.734. The molecule has 0 saturated heterocycles. The molecule has 0 aliphatic heterocycles. The zero-order chi connectivity index (χ0) is 26.6. The van der Waals surface area contributed by atoms with Crippen LogP contribution in [0.15, 0.2) is 95.4 Å². The summed E-state index contributed by atoms with van der Waals surface area (Å²) in [6.45, 7) is 3.29. The molecule has 1 atom stereocenters. The van der Waals surface area contributed by atoms with E-state index in [9.17, 15) is 14.4 Å². The quantitative estimate of drug-likeness (QED) is 0.261. The predicted molar refractivity (Wildman–Crippen MR) is 153 cm³/mol. The highest BCUT2D eigenvalue weighted by Crippen LogP contribution is 2.32. The van der Waals surface area contributed by atoms with Gasteiger partial charge in [0.1, 0.15) is 10.9 Å². The Hall–Kier alpha value is -4.56. The van der Waals surface area contributed by atoms with E-state index in [2.05, 4.69) is 27.8 Å². The molecule has 5 rings (SSSR count). The molecule has 0 fully saturated rings. The first-order valence-electron chi connectivity index (χ1n) is 12.3. The van der Waals surface area contributed by atoms with Gasteiger partial charge in [0, 0.05) is 29.2 Å². The van der Waals surface area contributed by atoms with Crippen LogP contribution in [0.1, 0.15) is 26.3 Å². The molecular weight excluding hydrogens is 496 g/mol. The number of rotatable bonds is 7. The van der Waals surface area contributed by atoms with Crippen LogP contribution >= 0.6 is 11.3 Å². The maximum atomic E-state index is 13.7. The number of anilines is 2. The maximum Gasteiger partial charge on any atom is 0.263 e. The van der Waals surface area contributed by atoms with Crippen molar-refractivity contribution in [1.29, 1.82) is 0 Å². The largest absolute Gasteiger partial charge is 0.326 e. The van der Waals surface area contributed by atoms with Gasteiger partial charge in [0.2, 0.25) is 11.8 Å². The van der Waals surface area contributed by atoms with Gasteiger partial charge in [-0.15, -0.1) is 11.3 Å². The summed E-state index contributed by atoms with van der Waals surface area (Å²) in [4.78, 5) is 43.3. The average molecular weight is 523 g/mol. The molecule has 190 valence electrons. The minimum absolute atomic E-state index is 0.171. The Morgan fingerprint density at radius 3 is 2.11 bits per heavy atom. The fraction of sp³-hybridized carbons (Fsp3) is 0.133. The second-order valence-electron chi connectivity index (χ2n) is 8.90. The Balaban J connectivity index is 1.43. The number of hydrogen-bond acceptors (Lipinski definition) is 5. The number of nitrogens with zero attached hydrogens (tertiary/aromatic N) is 2. The van der Waals surface area contributed by atoms with Gasteiger partial charge in [-0.3, -0.25) is 19.0 Å². The van der Waals surface area contributed by atoms with Crippen LogP contribution in [0.2, 0.25) is 0 Å². The summed E-state index contributed by atoms with van der Waals surface area (Å²) in [6.07, 6.45) is 1.87. The third kappa shape index (κ3) is 5.12. The number of thiophene rings is 1. The van der Waals surface area contributed by atoms with Gasteiger partial charge in [-0.1, -0.05) is 61.5 Å². The van der Waals surface area contributed by atoms with Gasteiger partial charge in [0.15, 0.2) is 0 Å². The number of hydrogen-bond donors (Lipinski definition) is 2. The summed E-state index contributed by atoms with van der Waals surface area (Å²) in [5, 5.41) is 8.02. The molecule has 0 radical (unpaired) electrons. The molecule has 7 nitrogen and oxygen atoms in total. The third-order valence-corrected chi connectivity index (χ3v) is 7.21. The van der Waals surface area contributed by atoms with Crippen LogP contribution in [0.3, 0.4) is 0 Å². The predicted octanol–water partition coefficient (Wildman–Crippen LogP) is 6.34. The molecule has 3 aromatic carbocycles. The van der Waals surface area contributed by atoms with Gasteiger partial charge in [0.25, 0.3) is 5.56 Å². The van der Waals surface area contributed by atoms with Gasteiger partial charge in [-0.25, -0.2) is 4.98 Å². The molecule has 0 bridgehead atoms. The Morgan fingerprint density at radius 2 is 1.47 bits per heavy atom. The number of carbonyl (C=O) groups excluding carboxylic acids is 2. The molecule has 0 aliphatic rings. The lowest BCUT2D eigenvalue weighted by Gasteiger charge is -2.18. The maximum absolute atomic E-state index is 13.7. The number of nitrogens with one attached hydrogen (secondary N) is 2. The highest BCUT2D eigenvalue weighted by molar-refractivity contribution is 7.17. The van der Waals surface area contributed by atoms with E-state index in [1.54, 1.807) is 24.3 Å². The zero-order valence-electron chi connectivity index (χ0n) is 21.0. The summed E-state index contributed by atoms with van der Waals surface area (Å²) >= 11 is 1.41. The third-order valence-electron chi connectivity index (χ3n) is 6.32. The number of fused-ring (bicyclic) bond motifs is 1. The number of carbonyl (C=O) groups is 2. The summed E-state index contributed by atoms with van der Waals surface area (Å²) in [5.74, 6) is -0.484. The van der Waals surface area contributed by atoms with Gasteiger partial charge in [-0.2, -0.15) is 0 Å². The molecule has 2 aromatic heterocycles. The number of amides is 2. The van der Waals surface area contributed by atoms with Crippen LogP contribution < -0.4 is 16.2 Å². The van der Waals surface area contributed by atoms with E-state index in [1.807, 2.05) is 54.8 Å². The van der Waals surface area contributed by atoms with E-state index in [0.29, 0.717) is 28.0 Å². The monoisotopic (exact) mass is 522 g/mol. The highest BCUT2D eigenvalue weighted by Gasteiger charge is 2.23. The smallest absolute Gasteiger partial charge is 0.263 e. The lowest BCUT2D eigenvalue weighted by molar-refractivity contribution is -0.119. The summed E-state index contributed by atoms with van der Waals surface area (Å²) < 4.78 is 1.41. The molecule has 38 heavy (non-hydrogen) atoms. The fourth-order valence-electron chi connectivity index (χ4n) is 4.43. The molecule has 2 amide bonds. The van der Waals surface area contributed by atoms with Crippen molar-refractivity contribution in [2.45, 2.75) is 26.3 Å². The lowest BCUT2D eigenvalue weighted by Crippen LogP contribution is -2.33. The zero-order valence-corrected chi connectivity index (χ0v) is 21.8. The standard InChI is InChI=1S/C30H26N4O3S/c1-3-26(28(36)33-24-15-13-23(14-16-24)32-19(2)35)34-18-31-29-27(30(34)37)25(17-38-29)22-11-9-21(10-12-22)20-7-5-4-6-8-20/h4-18,26H,3H2,1-2H3,(H,32,35)(H,33,36). The summed E-state index contributed by atoms with van der Waals surface area (Å²) in [6, 6.07) is 24.3. The summed E-state index contributed by atoms with van der Waals surface area (Å²) in [5.41, 5.74) is 4.90. The molecule has 2 heterocycles. The van der Waals surface area contributed by atoms with Crippen molar-refractivity contribution in [3.63, 3.8) is 0 Å². The van der Waals surface area contributed by atoms with Crippen molar-refractivity contribution in [2.24, 2.45) is 0 Å². The van der Waals surface area contributed by atoms with Crippen molar-refractivity contribution in [3.05, 3.63) is 101 Å². The van der Waals surface area contributed by atoms with Crippen LogP contribution in [-0.4, -0.2) is 21.4 Å². The van der Waals surface area contributed by atoms with Gasteiger partial charge in [0.05, 0.1) is 11.7 Å².